The summed E-state index contributed by atoms with van der Waals surface area (Å²) in [6, 6.07) is 11.7. The lowest BCUT2D eigenvalue weighted by molar-refractivity contribution is -0.134. The second-order valence-electron chi connectivity index (χ2n) is 7.64. The summed E-state index contributed by atoms with van der Waals surface area (Å²) in [7, 11) is 0. The summed E-state index contributed by atoms with van der Waals surface area (Å²) in [5, 5.41) is 0.977. The maximum atomic E-state index is 12.8. The molecule has 1 aromatic carbocycles. The monoisotopic (exact) mass is 440 g/mol. The molecule has 1 unspecified atom stereocenters. The van der Waals surface area contributed by atoms with Crippen LogP contribution in [0.4, 0.5) is 0 Å². The number of fused-ring (bicyclic) bond motifs is 1. The molecule has 1 fully saturated rings. The molecule has 1 amide bonds. The number of benzene rings is 1. The Morgan fingerprint density at radius 2 is 1.83 bits per heavy atom. The van der Waals surface area contributed by atoms with Gasteiger partial charge in [-0.2, -0.15) is 0 Å². The number of hydrogen-bond acceptors (Lipinski definition) is 6. The number of aromatic nitrogens is 1. The van der Waals surface area contributed by atoms with Crippen LogP contribution in [0.5, 0.6) is 0 Å². The van der Waals surface area contributed by atoms with Crippen molar-refractivity contribution in [2.24, 2.45) is 0 Å². The highest BCUT2D eigenvalue weighted by Crippen LogP contribution is 2.36. The summed E-state index contributed by atoms with van der Waals surface area (Å²) < 4.78 is 1.13. The molecule has 4 rings (SSSR count). The van der Waals surface area contributed by atoms with E-state index in [-0.39, 0.29) is 49.2 Å². The van der Waals surface area contributed by atoms with Gasteiger partial charge >= 0.3 is 0 Å². The van der Waals surface area contributed by atoms with Crippen LogP contribution in [0.1, 0.15) is 64.1 Å². The van der Waals surface area contributed by atoms with Crippen LogP contribution in [0, 0.1) is 6.92 Å². The zero-order chi connectivity index (χ0) is 21.1. The highest BCUT2D eigenvalue weighted by Gasteiger charge is 2.32. The number of thiophene rings is 1. The normalized spacial score (nSPS) is 16.3. The average Bonchev–Trinajstić information content (AvgIpc) is 3.48. The number of likely N-dealkylation sites (tertiary alicyclic amines) is 1. The van der Waals surface area contributed by atoms with Gasteiger partial charge in [0.15, 0.2) is 5.78 Å². The van der Waals surface area contributed by atoms with E-state index >= 15 is 0 Å². The summed E-state index contributed by atoms with van der Waals surface area (Å²) >= 11 is 3.10. The van der Waals surface area contributed by atoms with Gasteiger partial charge in [0.2, 0.25) is 5.91 Å². The minimum atomic E-state index is -0.0271. The molecular weight excluding hydrogens is 416 g/mol. The number of carbonyl (C=O) groups is 3. The van der Waals surface area contributed by atoms with Crippen molar-refractivity contribution in [3.05, 3.63) is 51.2 Å². The summed E-state index contributed by atoms with van der Waals surface area (Å²) in [6.07, 6.45) is 2.67. The van der Waals surface area contributed by atoms with E-state index in [1.807, 2.05) is 42.2 Å². The lowest BCUT2D eigenvalue weighted by Gasteiger charge is -2.23. The van der Waals surface area contributed by atoms with Crippen LogP contribution in [-0.4, -0.2) is 33.9 Å². The highest BCUT2D eigenvalue weighted by atomic mass is 32.1. The van der Waals surface area contributed by atoms with E-state index in [1.54, 1.807) is 11.3 Å². The van der Waals surface area contributed by atoms with E-state index in [9.17, 15) is 14.4 Å². The van der Waals surface area contributed by atoms with Crippen molar-refractivity contribution in [3.63, 3.8) is 0 Å². The number of ketones is 2. The molecule has 0 bridgehead atoms. The molecule has 1 atom stereocenters. The number of Topliss-reactive ketones (excluding diaryl/α,β-unsaturated/α-hetero) is 2. The van der Waals surface area contributed by atoms with E-state index in [2.05, 4.69) is 6.07 Å². The number of hydrogen-bond donors (Lipinski definition) is 0. The molecule has 30 heavy (non-hydrogen) atoms. The van der Waals surface area contributed by atoms with Gasteiger partial charge in [-0.25, -0.2) is 4.98 Å². The molecule has 3 heterocycles. The second-order valence-corrected chi connectivity index (χ2v) is 9.99. The fourth-order valence-corrected chi connectivity index (χ4v) is 5.78. The summed E-state index contributed by atoms with van der Waals surface area (Å²) in [5.41, 5.74) is 0.970. The van der Waals surface area contributed by atoms with Gasteiger partial charge in [-0.3, -0.25) is 14.4 Å². The third kappa shape index (κ3) is 4.68. The lowest BCUT2D eigenvalue weighted by Crippen LogP contribution is -2.30. The smallest absolute Gasteiger partial charge is 0.223 e. The largest absolute Gasteiger partial charge is 0.333 e. The van der Waals surface area contributed by atoms with Crippen LogP contribution >= 0.6 is 22.7 Å². The third-order valence-electron chi connectivity index (χ3n) is 5.43. The molecule has 0 saturated carbocycles. The molecule has 0 spiro atoms. The van der Waals surface area contributed by atoms with Crippen LogP contribution < -0.4 is 0 Å². The Bertz CT molecular complexity index is 1050. The number of amides is 1. The molecule has 156 valence electrons. The van der Waals surface area contributed by atoms with Crippen LogP contribution in [0.15, 0.2) is 36.4 Å². The second kappa shape index (κ2) is 9.18. The van der Waals surface area contributed by atoms with E-state index in [4.69, 9.17) is 4.98 Å². The fraction of sp³-hybridized carbons (Fsp3) is 0.391. The Morgan fingerprint density at radius 3 is 2.60 bits per heavy atom. The molecule has 0 N–H and O–H groups in total. The molecule has 7 heteroatoms. The number of carbonyl (C=O) groups excluding carboxylic acids is 3. The first kappa shape index (κ1) is 20.9. The Hall–Kier alpha value is -2.38. The number of aryl methyl sites for hydroxylation is 1. The van der Waals surface area contributed by atoms with E-state index in [0.717, 1.165) is 32.9 Å². The number of nitrogens with zero attached hydrogens (tertiary/aromatic N) is 2. The van der Waals surface area contributed by atoms with Crippen molar-refractivity contribution in [1.29, 1.82) is 0 Å². The Kier molecular flexibility index (Phi) is 6.39. The molecular formula is C23H24N2O3S2. The Labute approximate surface area is 183 Å². The van der Waals surface area contributed by atoms with Gasteiger partial charge in [0.25, 0.3) is 0 Å². The van der Waals surface area contributed by atoms with E-state index in [0.29, 0.717) is 11.4 Å². The number of rotatable bonds is 8. The summed E-state index contributed by atoms with van der Waals surface area (Å²) in [5.74, 6) is -0.0192. The Balaban J connectivity index is 1.29. The van der Waals surface area contributed by atoms with Crippen LogP contribution in [0.2, 0.25) is 0 Å². The van der Waals surface area contributed by atoms with Crippen molar-refractivity contribution < 1.29 is 14.4 Å². The highest BCUT2D eigenvalue weighted by molar-refractivity contribution is 7.18. The van der Waals surface area contributed by atoms with Gasteiger partial charge in [0.1, 0.15) is 10.8 Å². The molecule has 5 nitrogen and oxygen atoms in total. The zero-order valence-corrected chi connectivity index (χ0v) is 18.6. The molecule has 1 aliphatic heterocycles. The predicted octanol–water partition coefficient (Wildman–Crippen LogP) is 5.34. The molecule has 2 aromatic heterocycles. The molecule has 1 aliphatic rings. The summed E-state index contributed by atoms with van der Waals surface area (Å²) in [4.78, 5) is 45.6. The first-order chi connectivity index (χ1) is 14.5. The lowest BCUT2D eigenvalue weighted by atomic mass is 10.1. The van der Waals surface area contributed by atoms with Gasteiger partial charge < -0.3 is 4.90 Å². The predicted molar refractivity (Wildman–Crippen MR) is 120 cm³/mol. The molecule has 1 saturated heterocycles. The average molecular weight is 441 g/mol. The Morgan fingerprint density at radius 1 is 1.03 bits per heavy atom. The molecule has 0 aliphatic carbocycles. The maximum Gasteiger partial charge on any atom is 0.223 e. The van der Waals surface area contributed by atoms with Gasteiger partial charge in [0, 0.05) is 37.1 Å². The van der Waals surface area contributed by atoms with Crippen LogP contribution in [0.25, 0.3) is 10.2 Å². The van der Waals surface area contributed by atoms with Crippen molar-refractivity contribution in [1.82, 2.24) is 9.88 Å². The first-order valence-electron chi connectivity index (χ1n) is 10.3. The SMILES string of the molecule is Cc1ccc(C(=O)CCC(=O)CCC(=O)N2CCCC2c2nc3ccccc3s2)s1. The van der Waals surface area contributed by atoms with Crippen LogP contribution in [0.3, 0.4) is 0 Å². The standard InChI is InChI=1S/C23H24N2O3S2/c1-15-8-12-21(29-15)19(27)11-9-16(26)10-13-22(28)25-14-4-6-18(25)23-24-17-5-2-3-7-20(17)30-23/h2-3,5,7-8,12,18H,4,6,9-11,13-14H2,1H3. The maximum absolute atomic E-state index is 12.8. The fourth-order valence-electron chi connectivity index (χ4n) is 3.83. The third-order valence-corrected chi connectivity index (χ3v) is 7.61. The minimum Gasteiger partial charge on any atom is -0.333 e. The minimum absolute atomic E-state index is 0.00298. The van der Waals surface area contributed by atoms with E-state index < -0.39 is 0 Å². The number of thiazole rings is 1. The topological polar surface area (TPSA) is 67.3 Å². The number of para-hydroxylation sites is 1. The van der Waals surface area contributed by atoms with Crippen molar-refractivity contribution in [2.75, 3.05) is 6.54 Å². The van der Waals surface area contributed by atoms with Crippen molar-refractivity contribution >= 4 is 50.4 Å². The van der Waals surface area contributed by atoms with Crippen molar-refractivity contribution in [2.45, 2.75) is 51.5 Å². The molecule has 0 radical (unpaired) electrons. The summed E-state index contributed by atoms with van der Waals surface area (Å²) in [6.45, 7) is 2.67. The first-order valence-corrected chi connectivity index (χ1v) is 11.9. The van der Waals surface area contributed by atoms with E-state index in [1.165, 1.54) is 11.3 Å². The van der Waals surface area contributed by atoms with Crippen LogP contribution in [-0.2, 0) is 9.59 Å². The van der Waals surface area contributed by atoms with Gasteiger partial charge in [0.05, 0.1) is 21.1 Å². The molecule has 3 aromatic rings. The van der Waals surface area contributed by atoms with Gasteiger partial charge in [-0.05, 0) is 44.0 Å². The van der Waals surface area contributed by atoms with Gasteiger partial charge in [-0.1, -0.05) is 12.1 Å². The van der Waals surface area contributed by atoms with Crippen molar-refractivity contribution in [3.8, 4) is 0 Å². The zero-order valence-electron chi connectivity index (χ0n) is 16.9. The quantitative estimate of drug-likeness (QED) is 0.443. The van der Waals surface area contributed by atoms with Gasteiger partial charge in [-0.15, -0.1) is 22.7 Å².